The van der Waals surface area contributed by atoms with Gasteiger partial charge < -0.3 is 4.74 Å². The topological polar surface area (TPSA) is 22.1 Å². The second-order valence-electron chi connectivity index (χ2n) is 2.39. The first kappa shape index (κ1) is 12.0. The Morgan fingerprint density at radius 3 is 2.33 bits per heavy atom. The summed E-state index contributed by atoms with van der Waals surface area (Å²) in [7, 11) is 0. The van der Waals surface area contributed by atoms with Gasteiger partial charge in [0.1, 0.15) is 5.02 Å². The SMILES string of the molecule is FC(F)Oc1ncc(C(F)(F)F)cc1Cl. The van der Waals surface area contributed by atoms with Gasteiger partial charge in [-0.25, -0.2) is 4.98 Å². The number of alkyl halides is 5. The molecule has 1 aromatic heterocycles. The molecule has 0 aliphatic rings. The van der Waals surface area contributed by atoms with Crippen LogP contribution in [-0.2, 0) is 6.18 Å². The number of ether oxygens (including phenoxy) is 1. The summed E-state index contributed by atoms with van der Waals surface area (Å²) >= 11 is 5.26. The van der Waals surface area contributed by atoms with Gasteiger partial charge in [-0.2, -0.15) is 22.0 Å². The third-order valence-corrected chi connectivity index (χ3v) is 1.61. The maximum Gasteiger partial charge on any atom is 0.417 e. The highest BCUT2D eigenvalue weighted by atomic mass is 35.5. The van der Waals surface area contributed by atoms with Crippen LogP contribution in [0.25, 0.3) is 0 Å². The molecule has 0 fully saturated rings. The Kier molecular flexibility index (Phi) is 3.33. The van der Waals surface area contributed by atoms with E-state index in [-0.39, 0.29) is 0 Å². The molecule has 0 amide bonds. The second kappa shape index (κ2) is 4.18. The minimum atomic E-state index is -4.62. The van der Waals surface area contributed by atoms with Crippen molar-refractivity contribution in [1.82, 2.24) is 4.98 Å². The van der Waals surface area contributed by atoms with Crippen LogP contribution in [0.4, 0.5) is 22.0 Å². The minimum absolute atomic E-state index is 0.365. The average molecular weight is 248 g/mol. The van der Waals surface area contributed by atoms with Crippen molar-refractivity contribution in [3.8, 4) is 5.88 Å². The van der Waals surface area contributed by atoms with Crippen LogP contribution >= 0.6 is 11.6 Å². The Morgan fingerprint density at radius 2 is 1.93 bits per heavy atom. The highest BCUT2D eigenvalue weighted by molar-refractivity contribution is 6.31. The monoisotopic (exact) mass is 247 g/mol. The van der Waals surface area contributed by atoms with Crippen LogP contribution in [0.3, 0.4) is 0 Å². The molecular formula is C7H3ClF5NO. The Hall–Kier alpha value is -1.11. The van der Waals surface area contributed by atoms with Crippen molar-refractivity contribution < 1.29 is 26.7 Å². The summed E-state index contributed by atoms with van der Waals surface area (Å²) in [6.45, 7) is -3.19. The van der Waals surface area contributed by atoms with Crippen LogP contribution in [0.1, 0.15) is 5.56 Å². The Balaban J connectivity index is 2.98. The summed E-state index contributed by atoms with van der Waals surface area (Å²) in [6.07, 6.45) is -4.26. The van der Waals surface area contributed by atoms with Crippen LogP contribution in [0.15, 0.2) is 12.3 Å². The van der Waals surface area contributed by atoms with Gasteiger partial charge >= 0.3 is 12.8 Å². The van der Waals surface area contributed by atoms with E-state index in [1.807, 2.05) is 0 Å². The number of pyridine rings is 1. The first-order valence-electron chi connectivity index (χ1n) is 3.48. The first-order chi connectivity index (χ1) is 6.80. The quantitative estimate of drug-likeness (QED) is 0.748. The summed E-state index contributed by atoms with van der Waals surface area (Å²) in [5, 5.41) is -0.620. The largest absolute Gasteiger partial charge is 0.417 e. The third kappa shape index (κ3) is 3.19. The predicted molar refractivity (Wildman–Crippen MR) is 40.9 cm³/mol. The van der Waals surface area contributed by atoms with Gasteiger partial charge in [0.05, 0.1) is 5.56 Å². The molecule has 0 unspecified atom stereocenters. The minimum Gasteiger partial charge on any atom is -0.415 e. The molecule has 0 aliphatic carbocycles. The van der Waals surface area contributed by atoms with E-state index in [9.17, 15) is 22.0 Å². The van der Waals surface area contributed by atoms with Crippen molar-refractivity contribution >= 4 is 11.6 Å². The van der Waals surface area contributed by atoms with E-state index in [1.165, 1.54) is 0 Å². The van der Waals surface area contributed by atoms with Crippen molar-refractivity contribution in [1.29, 1.82) is 0 Å². The number of hydrogen-bond acceptors (Lipinski definition) is 2. The van der Waals surface area contributed by atoms with Crippen molar-refractivity contribution in [2.24, 2.45) is 0 Å². The fourth-order valence-corrected chi connectivity index (χ4v) is 0.962. The lowest BCUT2D eigenvalue weighted by Crippen LogP contribution is -2.08. The molecule has 0 atom stereocenters. The van der Waals surface area contributed by atoms with E-state index < -0.39 is 29.3 Å². The van der Waals surface area contributed by atoms with Crippen LogP contribution in [0.2, 0.25) is 5.02 Å². The number of nitrogens with zero attached hydrogens (tertiary/aromatic N) is 1. The smallest absolute Gasteiger partial charge is 0.415 e. The number of hydrogen-bond donors (Lipinski definition) is 0. The highest BCUT2D eigenvalue weighted by Crippen LogP contribution is 2.33. The maximum atomic E-state index is 12.1. The normalized spacial score (nSPS) is 11.9. The molecular weight excluding hydrogens is 245 g/mol. The molecule has 1 heterocycles. The molecule has 0 aliphatic heterocycles. The molecule has 2 nitrogen and oxygen atoms in total. The summed E-state index contributed by atoms with van der Waals surface area (Å²) in [5.41, 5.74) is -1.13. The predicted octanol–water partition coefficient (Wildman–Crippen LogP) is 3.36. The van der Waals surface area contributed by atoms with Gasteiger partial charge in [-0.1, -0.05) is 11.6 Å². The third-order valence-electron chi connectivity index (χ3n) is 1.34. The van der Waals surface area contributed by atoms with Gasteiger partial charge in [-0.3, -0.25) is 0 Å². The lowest BCUT2D eigenvalue weighted by Gasteiger charge is -2.09. The lowest BCUT2D eigenvalue weighted by atomic mass is 10.3. The molecule has 0 aromatic carbocycles. The zero-order valence-corrected chi connectivity index (χ0v) is 7.61. The molecule has 84 valence electrons. The van der Waals surface area contributed by atoms with Crippen molar-refractivity contribution in [2.75, 3.05) is 0 Å². The van der Waals surface area contributed by atoms with Gasteiger partial charge in [0.15, 0.2) is 0 Å². The molecule has 0 saturated heterocycles. The van der Waals surface area contributed by atoms with Crippen LogP contribution < -0.4 is 4.74 Å². The summed E-state index contributed by atoms with van der Waals surface area (Å²) < 4.78 is 63.4. The molecule has 0 radical (unpaired) electrons. The van der Waals surface area contributed by atoms with Gasteiger partial charge in [-0.15, -0.1) is 0 Å². The molecule has 1 aromatic rings. The summed E-state index contributed by atoms with van der Waals surface area (Å²) in [6, 6.07) is 0.465. The Morgan fingerprint density at radius 1 is 1.33 bits per heavy atom. The summed E-state index contributed by atoms with van der Waals surface area (Å²) in [5.74, 6) is -0.736. The van der Waals surface area contributed by atoms with Gasteiger partial charge in [0.2, 0.25) is 5.88 Å². The zero-order chi connectivity index (χ0) is 11.6. The number of rotatable bonds is 2. The van der Waals surface area contributed by atoms with Crippen molar-refractivity contribution in [2.45, 2.75) is 12.8 Å². The van der Waals surface area contributed by atoms with Gasteiger partial charge in [0.25, 0.3) is 0 Å². The molecule has 15 heavy (non-hydrogen) atoms. The Labute approximate surface area is 85.6 Å². The van der Waals surface area contributed by atoms with Crippen molar-refractivity contribution in [3.05, 3.63) is 22.8 Å². The number of halogens is 6. The average Bonchev–Trinajstić information content (AvgIpc) is 2.05. The summed E-state index contributed by atoms with van der Waals surface area (Å²) in [4.78, 5) is 3.03. The first-order valence-corrected chi connectivity index (χ1v) is 3.86. The van der Waals surface area contributed by atoms with Crippen LogP contribution in [0, 0.1) is 0 Å². The van der Waals surface area contributed by atoms with Crippen LogP contribution in [0.5, 0.6) is 5.88 Å². The van der Waals surface area contributed by atoms with E-state index >= 15 is 0 Å². The van der Waals surface area contributed by atoms with Crippen LogP contribution in [-0.4, -0.2) is 11.6 Å². The van der Waals surface area contributed by atoms with Crippen molar-refractivity contribution in [3.63, 3.8) is 0 Å². The molecule has 0 bridgehead atoms. The maximum absolute atomic E-state index is 12.1. The molecule has 8 heteroatoms. The van der Waals surface area contributed by atoms with E-state index in [0.29, 0.717) is 12.3 Å². The van der Waals surface area contributed by atoms with Gasteiger partial charge in [-0.05, 0) is 6.07 Å². The van der Waals surface area contributed by atoms with E-state index in [2.05, 4.69) is 9.72 Å². The number of aromatic nitrogens is 1. The van der Waals surface area contributed by atoms with E-state index in [0.717, 1.165) is 0 Å². The van der Waals surface area contributed by atoms with E-state index in [1.54, 1.807) is 0 Å². The van der Waals surface area contributed by atoms with E-state index in [4.69, 9.17) is 11.6 Å². The fraction of sp³-hybridized carbons (Fsp3) is 0.286. The zero-order valence-electron chi connectivity index (χ0n) is 6.86. The lowest BCUT2D eigenvalue weighted by molar-refractivity contribution is -0.137. The standard InChI is InChI=1S/C7H3ClF5NO/c8-4-1-3(7(11,12)13)2-14-5(4)15-6(9)10/h1-2,6H. The highest BCUT2D eigenvalue weighted by Gasteiger charge is 2.31. The fourth-order valence-electron chi connectivity index (χ4n) is 0.751. The molecule has 1 rings (SSSR count). The molecule has 0 saturated carbocycles. The second-order valence-corrected chi connectivity index (χ2v) is 2.79. The molecule has 0 spiro atoms. The Bertz CT molecular complexity index is 354. The molecule has 0 N–H and O–H groups in total. The van der Waals surface area contributed by atoms with Gasteiger partial charge in [0, 0.05) is 6.20 Å².